The Morgan fingerprint density at radius 1 is 1.14 bits per heavy atom. The topological polar surface area (TPSA) is 85.6 Å². The minimum absolute atomic E-state index is 0.530. The van der Waals surface area contributed by atoms with E-state index in [1.807, 2.05) is 12.1 Å². The number of ether oxygens (including phenoxy) is 2. The summed E-state index contributed by atoms with van der Waals surface area (Å²) in [5.74, 6) is 2.41. The number of rotatable bonds is 7. The van der Waals surface area contributed by atoms with Crippen LogP contribution >= 0.6 is 0 Å². The quantitative estimate of drug-likeness (QED) is 0.682. The first-order chi connectivity index (χ1) is 13.8. The average Bonchev–Trinajstić information content (AvgIpc) is 2.77. The van der Waals surface area contributed by atoms with Crippen molar-refractivity contribution in [1.29, 1.82) is 0 Å². The molecule has 0 aliphatic carbocycles. The van der Waals surface area contributed by atoms with Crippen molar-refractivity contribution in [2.45, 2.75) is 18.9 Å². The van der Waals surface area contributed by atoms with Crippen molar-refractivity contribution in [2.24, 2.45) is 0 Å². The Labute approximate surface area is 166 Å². The van der Waals surface area contributed by atoms with Crippen molar-refractivity contribution in [2.75, 3.05) is 64.4 Å². The van der Waals surface area contributed by atoms with Crippen LogP contribution in [0.2, 0.25) is 0 Å². The fourth-order valence-corrected chi connectivity index (χ4v) is 3.82. The Balaban J connectivity index is 1.46. The second kappa shape index (κ2) is 9.36. The summed E-state index contributed by atoms with van der Waals surface area (Å²) in [5, 5.41) is 12.4. The predicted molar refractivity (Wildman–Crippen MR) is 110 cm³/mol. The molecule has 2 aromatic rings. The molecule has 0 saturated carbocycles. The van der Waals surface area contributed by atoms with Crippen molar-refractivity contribution < 1.29 is 9.47 Å². The number of nitrogens with zero attached hydrogens (tertiary/aromatic N) is 4. The van der Waals surface area contributed by atoms with Crippen molar-refractivity contribution in [3.8, 4) is 11.5 Å². The van der Waals surface area contributed by atoms with E-state index in [-0.39, 0.29) is 0 Å². The van der Waals surface area contributed by atoms with E-state index < -0.39 is 0 Å². The molecule has 3 heterocycles. The summed E-state index contributed by atoms with van der Waals surface area (Å²) in [4.78, 5) is 11.3. The molecule has 2 fully saturated rings. The first-order valence-corrected chi connectivity index (χ1v) is 10.1. The lowest BCUT2D eigenvalue weighted by Crippen LogP contribution is -2.48. The first-order valence-electron chi connectivity index (χ1n) is 10.1. The van der Waals surface area contributed by atoms with Gasteiger partial charge in [0.15, 0.2) is 11.5 Å². The SMILES string of the molecule is COc1cc2c(N3CC[N]CC3)ncnc2cc1OCCCC1CNCCN1. The van der Waals surface area contributed by atoms with Crippen molar-refractivity contribution >= 4 is 16.7 Å². The zero-order valence-corrected chi connectivity index (χ0v) is 16.5. The lowest BCUT2D eigenvalue weighted by Gasteiger charge is -2.28. The smallest absolute Gasteiger partial charge is 0.163 e. The molecule has 2 N–H and O–H groups in total. The molecule has 0 spiro atoms. The number of fused-ring (bicyclic) bond motifs is 1. The summed E-state index contributed by atoms with van der Waals surface area (Å²) < 4.78 is 11.7. The average molecular weight is 385 g/mol. The summed E-state index contributed by atoms with van der Waals surface area (Å²) in [6, 6.07) is 4.49. The van der Waals surface area contributed by atoms with Crippen LogP contribution in [0.3, 0.4) is 0 Å². The highest BCUT2D eigenvalue weighted by Gasteiger charge is 2.18. The third kappa shape index (κ3) is 4.45. The van der Waals surface area contributed by atoms with E-state index in [0.717, 1.165) is 86.9 Å². The normalized spacial score (nSPS) is 20.3. The third-order valence-electron chi connectivity index (χ3n) is 5.34. The summed E-state index contributed by atoms with van der Waals surface area (Å²) in [6.45, 7) is 7.24. The molecule has 28 heavy (non-hydrogen) atoms. The number of benzene rings is 1. The molecular weight excluding hydrogens is 356 g/mol. The van der Waals surface area contributed by atoms with Crippen molar-refractivity contribution in [3.63, 3.8) is 0 Å². The number of hydrogen-bond donors (Lipinski definition) is 2. The maximum atomic E-state index is 6.05. The Kier molecular flexibility index (Phi) is 6.41. The molecule has 0 amide bonds. The number of piperazine rings is 2. The van der Waals surface area contributed by atoms with Crippen LogP contribution in [0, 0.1) is 0 Å². The predicted octanol–water partition coefficient (Wildman–Crippen LogP) is 0.783. The number of methoxy groups -OCH3 is 1. The van der Waals surface area contributed by atoms with Gasteiger partial charge < -0.3 is 25.0 Å². The lowest BCUT2D eigenvalue weighted by atomic mass is 10.1. The van der Waals surface area contributed by atoms with Gasteiger partial charge in [-0.15, -0.1) is 0 Å². The van der Waals surface area contributed by atoms with Gasteiger partial charge in [-0.3, -0.25) is 0 Å². The van der Waals surface area contributed by atoms with Crippen LogP contribution < -0.4 is 30.3 Å². The van der Waals surface area contributed by atoms with Gasteiger partial charge in [0.25, 0.3) is 0 Å². The summed E-state index contributed by atoms with van der Waals surface area (Å²) in [5.41, 5.74) is 0.876. The highest BCUT2D eigenvalue weighted by molar-refractivity contribution is 5.92. The Bertz CT molecular complexity index is 775. The Morgan fingerprint density at radius 2 is 2.04 bits per heavy atom. The van der Waals surface area contributed by atoms with Gasteiger partial charge in [-0.2, -0.15) is 0 Å². The van der Waals surface area contributed by atoms with E-state index in [4.69, 9.17) is 9.47 Å². The zero-order chi connectivity index (χ0) is 19.2. The number of nitrogens with one attached hydrogen (secondary N) is 2. The molecule has 2 aliphatic heterocycles. The molecule has 1 unspecified atom stereocenters. The highest BCUT2D eigenvalue weighted by atomic mass is 16.5. The third-order valence-corrected chi connectivity index (χ3v) is 5.34. The lowest BCUT2D eigenvalue weighted by molar-refractivity contribution is 0.274. The van der Waals surface area contributed by atoms with Crippen LogP contribution in [-0.4, -0.2) is 75.5 Å². The maximum Gasteiger partial charge on any atom is 0.163 e. The molecule has 1 aromatic heterocycles. The molecule has 8 nitrogen and oxygen atoms in total. The molecule has 0 bridgehead atoms. The second-order valence-corrected chi connectivity index (χ2v) is 7.22. The van der Waals surface area contributed by atoms with Crippen LogP contribution in [0.1, 0.15) is 12.8 Å². The van der Waals surface area contributed by atoms with Gasteiger partial charge in [0, 0.05) is 63.3 Å². The van der Waals surface area contributed by atoms with E-state index >= 15 is 0 Å². The molecule has 1 radical (unpaired) electrons. The molecule has 2 aliphatic rings. The van der Waals surface area contributed by atoms with E-state index in [2.05, 4.69) is 30.8 Å². The Morgan fingerprint density at radius 3 is 2.82 bits per heavy atom. The summed E-state index contributed by atoms with van der Waals surface area (Å²) in [6.07, 6.45) is 3.71. The van der Waals surface area contributed by atoms with Crippen LogP contribution in [-0.2, 0) is 0 Å². The number of aromatic nitrogens is 2. The van der Waals surface area contributed by atoms with E-state index in [1.54, 1.807) is 13.4 Å². The van der Waals surface area contributed by atoms with Crippen molar-refractivity contribution in [3.05, 3.63) is 18.5 Å². The maximum absolute atomic E-state index is 6.05. The van der Waals surface area contributed by atoms with Gasteiger partial charge in [-0.25, -0.2) is 15.3 Å². The van der Waals surface area contributed by atoms with Gasteiger partial charge in [-0.1, -0.05) is 0 Å². The zero-order valence-electron chi connectivity index (χ0n) is 16.5. The first kappa shape index (κ1) is 19.2. The molecule has 4 rings (SSSR count). The number of hydrogen-bond acceptors (Lipinski definition) is 7. The fourth-order valence-electron chi connectivity index (χ4n) is 3.82. The van der Waals surface area contributed by atoms with E-state index in [1.165, 1.54) is 0 Å². The molecule has 1 atom stereocenters. The minimum Gasteiger partial charge on any atom is -0.493 e. The molecule has 8 heteroatoms. The van der Waals surface area contributed by atoms with E-state index in [0.29, 0.717) is 12.6 Å². The standard InChI is InChI=1S/C20H29N6O2/c1-27-18-11-16-17(24-14-25-20(16)26-8-6-21-7-9-26)12-19(18)28-10-2-3-15-13-22-4-5-23-15/h11-12,14-15,22-23H,2-10,13H2,1H3. The molecular formula is C20H29N6O2. The highest BCUT2D eigenvalue weighted by Crippen LogP contribution is 2.35. The van der Waals surface area contributed by atoms with Crippen molar-refractivity contribution in [1.82, 2.24) is 25.9 Å². The fraction of sp³-hybridized carbons (Fsp3) is 0.600. The van der Waals surface area contributed by atoms with Gasteiger partial charge in [-0.05, 0) is 18.9 Å². The molecule has 1 aromatic carbocycles. The summed E-state index contributed by atoms with van der Waals surface area (Å²) >= 11 is 0. The van der Waals surface area contributed by atoms with E-state index in [9.17, 15) is 0 Å². The van der Waals surface area contributed by atoms with Crippen LogP contribution in [0.15, 0.2) is 18.5 Å². The molecule has 2 saturated heterocycles. The van der Waals surface area contributed by atoms with Crippen LogP contribution in [0.25, 0.3) is 10.9 Å². The monoisotopic (exact) mass is 385 g/mol. The molecule has 151 valence electrons. The minimum atomic E-state index is 0.530. The van der Waals surface area contributed by atoms with Crippen LogP contribution in [0.4, 0.5) is 5.82 Å². The van der Waals surface area contributed by atoms with Gasteiger partial charge in [0.2, 0.25) is 0 Å². The second-order valence-electron chi connectivity index (χ2n) is 7.22. The Hall–Kier alpha value is -2.16. The van der Waals surface area contributed by atoms with Crippen LogP contribution in [0.5, 0.6) is 11.5 Å². The largest absolute Gasteiger partial charge is 0.493 e. The van der Waals surface area contributed by atoms with Gasteiger partial charge in [0.05, 0.1) is 19.2 Å². The number of anilines is 1. The van der Waals surface area contributed by atoms with Gasteiger partial charge in [0.1, 0.15) is 12.1 Å². The summed E-state index contributed by atoms with van der Waals surface area (Å²) in [7, 11) is 1.68. The van der Waals surface area contributed by atoms with Gasteiger partial charge >= 0.3 is 0 Å².